The van der Waals surface area contributed by atoms with Gasteiger partial charge in [-0.2, -0.15) is 0 Å². The average molecular weight is 298 g/mol. The number of rotatable bonds is 8. The fourth-order valence-corrected chi connectivity index (χ4v) is 2.85. The van der Waals surface area contributed by atoms with Crippen LogP contribution in [0.15, 0.2) is 0 Å². The van der Waals surface area contributed by atoms with Gasteiger partial charge in [0.2, 0.25) is 0 Å². The molecular weight excluding hydrogens is 268 g/mol. The van der Waals surface area contributed by atoms with Crippen molar-refractivity contribution in [3.05, 3.63) is 0 Å². The minimum atomic E-state index is -0.713. The van der Waals surface area contributed by atoms with E-state index in [-0.39, 0.29) is 17.9 Å². The molecule has 0 aromatic carbocycles. The summed E-state index contributed by atoms with van der Waals surface area (Å²) in [7, 11) is 0. The van der Waals surface area contributed by atoms with E-state index in [2.05, 4.69) is 13.8 Å². The third kappa shape index (κ3) is 5.01. The number of carbonyl (C=O) groups is 2. The van der Waals surface area contributed by atoms with Crippen LogP contribution in [0.1, 0.15) is 72.1 Å². The maximum absolute atomic E-state index is 12.4. The summed E-state index contributed by atoms with van der Waals surface area (Å²) in [4.78, 5) is 24.7. The van der Waals surface area contributed by atoms with E-state index in [1.165, 1.54) is 0 Å². The van der Waals surface area contributed by atoms with Crippen LogP contribution in [0.2, 0.25) is 0 Å². The van der Waals surface area contributed by atoms with Crippen LogP contribution in [0.4, 0.5) is 0 Å². The summed E-state index contributed by atoms with van der Waals surface area (Å²) in [6, 6.07) is 0. The van der Waals surface area contributed by atoms with E-state index in [9.17, 15) is 9.59 Å². The lowest BCUT2D eigenvalue weighted by Crippen LogP contribution is -2.44. The SMILES string of the molecule is CCCCOC(=O)C1CCCCC1(C)C(=O)OCCCC. The van der Waals surface area contributed by atoms with E-state index in [0.29, 0.717) is 19.6 Å². The number of carbonyl (C=O) groups excluding carboxylic acids is 2. The summed E-state index contributed by atoms with van der Waals surface area (Å²) in [5.74, 6) is -0.802. The van der Waals surface area contributed by atoms with Crippen molar-refractivity contribution in [2.24, 2.45) is 11.3 Å². The molecule has 122 valence electrons. The Morgan fingerprint density at radius 1 is 1.05 bits per heavy atom. The molecule has 0 aromatic heterocycles. The van der Waals surface area contributed by atoms with Crippen molar-refractivity contribution in [3.8, 4) is 0 Å². The summed E-state index contributed by atoms with van der Waals surface area (Å²) >= 11 is 0. The van der Waals surface area contributed by atoms with Crippen molar-refractivity contribution < 1.29 is 19.1 Å². The van der Waals surface area contributed by atoms with Crippen LogP contribution in [0.25, 0.3) is 0 Å². The van der Waals surface area contributed by atoms with Crippen molar-refractivity contribution in [2.45, 2.75) is 72.1 Å². The van der Waals surface area contributed by atoms with E-state index in [4.69, 9.17) is 9.47 Å². The molecule has 1 saturated carbocycles. The van der Waals surface area contributed by atoms with Crippen LogP contribution in [-0.2, 0) is 19.1 Å². The number of unbranched alkanes of at least 4 members (excludes halogenated alkanes) is 2. The molecule has 1 rings (SSSR count). The standard InChI is InChI=1S/C17H30O4/c1-4-6-12-20-15(18)14-10-8-9-11-17(14,3)16(19)21-13-7-5-2/h14H,4-13H2,1-3H3. The van der Waals surface area contributed by atoms with Crippen molar-refractivity contribution >= 4 is 11.9 Å². The van der Waals surface area contributed by atoms with Gasteiger partial charge >= 0.3 is 11.9 Å². The van der Waals surface area contributed by atoms with E-state index >= 15 is 0 Å². The molecule has 0 spiro atoms. The lowest BCUT2D eigenvalue weighted by atomic mass is 9.67. The van der Waals surface area contributed by atoms with Gasteiger partial charge in [-0.15, -0.1) is 0 Å². The monoisotopic (exact) mass is 298 g/mol. The quantitative estimate of drug-likeness (QED) is 0.504. The Morgan fingerprint density at radius 2 is 1.67 bits per heavy atom. The lowest BCUT2D eigenvalue weighted by molar-refractivity contribution is -0.172. The molecule has 0 saturated heterocycles. The van der Waals surface area contributed by atoms with Gasteiger partial charge in [-0.05, 0) is 32.6 Å². The molecule has 4 heteroatoms. The van der Waals surface area contributed by atoms with Gasteiger partial charge in [0.15, 0.2) is 0 Å². The van der Waals surface area contributed by atoms with Gasteiger partial charge in [-0.1, -0.05) is 39.5 Å². The lowest BCUT2D eigenvalue weighted by Gasteiger charge is -2.37. The Kier molecular flexibility index (Phi) is 7.76. The topological polar surface area (TPSA) is 52.6 Å². The van der Waals surface area contributed by atoms with Gasteiger partial charge in [-0.3, -0.25) is 9.59 Å². The largest absolute Gasteiger partial charge is 0.465 e. The Hall–Kier alpha value is -1.06. The summed E-state index contributed by atoms with van der Waals surface area (Å²) < 4.78 is 10.7. The molecule has 0 amide bonds. The van der Waals surface area contributed by atoms with Gasteiger partial charge < -0.3 is 9.47 Å². The molecule has 1 aliphatic rings. The summed E-state index contributed by atoms with van der Waals surface area (Å²) in [5.41, 5.74) is -0.713. The molecule has 1 fully saturated rings. The molecule has 0 aliphatic heterocycles. The zero-order valence-corrected chi connectivity index (χ0v) is 13.8. The van der Waals surface area contributed by atoms with Crippen LogP contribution in [-0.4, -0.2) is 25.2 Å². The van der Waals surface area contributed by atoms with E-state index in [1.807, 2.05) is 6.92 Å². The fourth-order valence-electron chi connectivity index (χ4n) is 2.85. The minimum Gasteiger partial charge on any atom is -0.465 e. The van der Waals surface area contributed by atoms with E-state index < -0.39 is 5.41 Å². The van der Waals surface area contributed by atoms with Crippen molar-refractivity contribution in [2.75, 3.05) is 13.2 Å². The molecule has 2 atom stereocenters. The highest BCUT2D eigenvalue weighted by atomic mass is 16.5. The molecule has 0 heterocycles. The Balaban J connectivity index is 2.65. The highest BCUT2D eigenvalue weighted by Gasteiger charge is 2.48. The molecular formula is C17H30O4. The van der Waals surface area contributed by atoms with Gasteiger partial charge in [0.05, 0.1) is 24.5 Å². The highest BCUT2D eigenvalue weighted by Crippen LogP contribution is 2.42. The van der Waals surface area contributed by atoms with Crippen LogP contribution in [0.5, 0.6) is 0 Å². The molecule has 1 aliphatic carbocycles. The molecule has 2 unspecified atom stereocenters. The van der Waals surface area contributed by atoms with Crippen LogP contribution < -0.4 is 0 Å². The Bertz CT molecular complexity index is 340. The fraction of sp³-hybridized carbons (Fsp3) is 0.882. The van der Waals surface area contributed by atoms with E-state index in [0.717, 1.165) is 44.9 Å². The van der Waals surface area contributed by atoms with Gasteiger partial charge in [0.1, 0.15) is 0 Å². The van der Waals surface area contributed by atoms with Crippen molar-refractivity contribution in [1.29, 1.82) is 0 Å². The second-order valence-electron chi connectivity index (χ2n) is 6.23. The van der Waals surface area contributed by atoms with Crippen LogP contribution in [0.3, 0.4) is 0 Å². The van der Waals surface area contributed by atoms with E-state index in [1.54, 1.807) is 0 Å². The number of hydrogen-bond donors (Lipinski definition) is 0. The second-order valence-corrected chi connectivity index (χ2v) is 6.23. The molecule has 0 radical (unpaired) electrons. The summed E-state index contributed by atoms with van der Waals surface area (Å²) in [6.07, 6.45) is 7.11. The van der Waals surface area contributed by atoms with Crippen LogP contribution in [0, 0.1) is 11.3 Å². The van der Waals surface area contributed by atoms with Crippen molar-refractivity contribution in [3.63, 3.8) is 0 Å². The Morgan fingerprint density at radius 3 is 2.29 bits per heavy atom. The molecule has 4 nitrogen and oxygen atoms in total. The van der Waals surface area contributed by atoms with Gasteiger partial charge in [0.25, 0.3) is 0 Å². The first kappa shape index (κ1) is 18.0. The maximum atomic E-state index is 12.4. The predicted molar refractivity (Wildman–Crippen MR) is 81.8 cm³/mol. The van der Waals surface area contributed by atoms with Gasteiger partial charge in [-0.25, -0.2) is 0 Å². The maximum Gasteiger partial charge on any atom is 0.312 e. The molecule has 0 N–H and O–H groups in total. The Labute approximate surface area is 128 Å². The highest BCUT2D eigenvalue weighted by molar-refractivity contribution is 5.85. The third-order valence-corrected chi connectivity index (χ3v) is 4.43. The summed E-state index contributed by atoms with van der Waals surface area (Å²) in [5, 5.41) is 0. The number of esters is 2. The van der Waals surface area contributed by atoms with Crippen molar-refractivity contribution in [1.82, 2.24) is 0 Å². The first-order chi connectivity index (χ1) is 10.1. The second kappa shape index (κ2) is 9.06. The molecule has 21 heavy (non-hydrogen) atoms. The van der Waals surface area contributed by atoms with Gasteiger partial charge in [0, 0.05) is 0 Å². The predicted octanol–water partition coefficient (Wildman–Crippen LogP) is 3.87. The molecule has 0 aromatic rings. The summed E-state index contributed by atoms with van der Waals surface area (Å²) in [6.45, 7) is 6.88. The first-order valence-corrected chi connectivity index (χ1v) is 8.40. The third-order valence-electron chi connectivity index (χ3n) is 4.43. The first-order valence-electron chi connectivity index (χ1n) is 8.40. The average Bonchev–Trinajstić information content (AvgIpc) is 2.48. The zero-order valence-electron chi connectivity index (χ0n) is 13.8. The minimum absolute atomic E-state index is 0.224. The molecule has 0 bridgehead atoms. The smallest absolute Gasteiger partial charge is 0.312 e. The van der Waals surface area contributed by atoms with Crippen LogP contribution >= 0.6 is 0 Å². The normalized spacial score (nSPS) is 25.4. The number of ether oxygens (including phenoxy) is 2. The number of hydrogen-bond acceptors (Lipinski definition) is 4. The zero-order chi connectivity index (χ0) is 15.7.